The van der Waals surface area contributed by atoms with Crippen molar-refractivity contribution in [2.24, 2.45) is 5.92 Å². The predicted octanol–water partition coefficient (Wildman–Crippen LogP) is 0.214. The minimum atomic E-state index is -1.12. The fraction of sp³-hybridized carbons (Fsp3) is 0.364. The lowest BCUT2D eigenvalue weighted by Crippen LogP contribution is -2.45. The lowest BCUT2D eigenvalue weighted by molar-refractivity contribution is -0.140. The van der Waals surface area contributed by atoms with Crippen LogP contribution >= 0.6 is 0 Å². The Morgan fingerprint density at radius 2 is 2.06 bits per heavy atom. The SMILES string of the molecule is CC(C)[C@@H](NC(=O)c1c[nH]ccc1=O)C(=O)O. The summed E-state index contributed by atoms with van der Waals surface area (Å²) in [4.78, 5) is 36.5. The number of amides is 1. The Bertz CT molecular complexity index is 478. The number of aromatic nitrogens is 1. The minimum Gasteiger partial charge on any atom is -0.480 e. The van der Waals surface area contributed by atoms with Crippen LogP contribution in [0.5, 0.6) is 0 Å². The second-order valence-electron chi connectivity index (χ2n) is 3.96. The van der Waals surface area contributed by atoms with Crippen LogP contribution in [0.15, 0.2) is 23.3 Å². The van der Waals surface area contributed by atoms with Gasteiger partial charge in [0.2, 0.25) is 0 Å². The molecule has 1 amide bonds. The number of hydrogen-bond donors (Lipinski definition) is 3. The van der Waals surface area contributed by atoms with Gasteiger partial charge in [0, 0.05) is 18.5 Å². The van der Waals surface area contributed by atoms with Gasteiger partial charge in [-0.05, 0) is 5.92 Å². The van der Waals surface area contributed by atoms with Crippen molar-refractivity contribution < 1.29 is 14.7 Å². The van der Waals surface area contributed by atoms with E-state index in [4.69, 9.17) is 5.11 Å². The van der Waals surface area contributed by atoms with Crippen LogP contribution in [-0.4, -0.2) is 28.0 Å². The number of H-pyrrole nitrogens is 1. The Balaban J connectivity index is 2.89. The normalized spacial score (nSPS) is 12.2. The second kappa shape index (κ2) is 5.29. The molecule has 6 nitrogen and oxygen atoms in total. The predicted molar refractivity (Wildman–Crippen MR) is 60.8 cm³/mol. The first-order chi connectivity index (χ1) is 7.93. The monoisotopic (exact) mass is 238 g/mol. The molecule has 0 unspecified atom stereocenters. The number of carbonyl (C=O) groups excluding carboxylic acids is 1. The summed E-state index contributed by atoms with van der Waals surface area (Å²) in [5.74, 6) is -2.08. The first-order valence-corrected chi connectivity index (χ1v) is 5.14. The van der Waals surface area contributed by atoms with E-state index in [9.17, 15) is 14.4 Å². The molecule has 0 radical (unpaired) electrons. The van der Waals surface area contributed by atoms with Gasteiger partial charge < -0.3 is 15.4 Å². The molecule has 92 valence electrons. The minimum absolute atomic E-state index is 0.0978. The molecule has 0 saturated carbocycles. The van der Waals surface area contributed by atoms with E-state index in [2.05, 4.69) is 10.3 Å². The van der Waals surface area contributed by atoms with Gasteiger partial charge in [0.1, 0.15) is 11.6 Å². The van der Waals surface area contributed by atoms with Gasteiger partial charge in [-0.15, -0.1) is 0 Å². The van der Waals surface area contributed by atoms with Crippen molar-refractivity contribution >= 4 is 11.9 Å². The average molecular weight is 238 g/mol. The van der Waals surface area contributed by atoms with Gasteiger partial charge in [-0.1, -0.05) is 13.8 Å². The highest BCUT2D eigenvalue weighted by Gasteiger charge is 2.24. The lowest BCUT2D eigenvalue weighted by Gasteiger charge is -2.17. The van der Waals surface area contributed by atoms with Gasteiger partial charge in [-0.3, -0.25) is 9.59 Å². The highest BCUT2D eigenvalue weighted by atomic mass is 16.4. The number of aromatic amines is 1. The van der Waals surface area contributed by atoms with Crippen molar-refractivity contribution in [3.05, 3.63) is 34.2 Å². The first kappa shape index (κ1) is 13.0. The molecule has 1 rings (SSSR count). The third-order valence-corrected chi connectivity index (χ3v) is 2.29. The molecule has 0 aliphatic heterocycles. The van der Waals surface area contributed by atoms with Crippen LogP contribution in [0.4, 0.5) is 0 Å². The Hall–Kier alpha value is -2.11. The summed E-state index contributed by atoms with van der Waals surface area (Å²) < 4.78 is 0. The number of aliphatic carboxylic acids is 1. The van der Waals surface area contributed by atoms with Crippen molar-refractivity contribution in [2.45, 2.75) is 19.9 Å². The Morgan fingerprint density at radius 3 is 2.53 bits per heavy atom. The first-order valence-electron chi connectivity index (χ1n) is 5.14. The molecular formula is C11H14N2O4. The molecule has 3 N–H and O–H groups in total. The zero-order chi connectivity index (χ0) is 13.0. The molecule has 1 atom stereocenters. The van der Waals surface area contributed by atoms with Gasteiger partial charge in [-0.2, -0.15) is 0 Å². The Labute approximate surface area is 97.7 Å². The summed E-state index contributed by atoms with van der Waals surface area (Å²) in [6.07, 6.45) is 2.65. The van der Waals surface area contributed by atoms with Crippen molar-refractivity contribution in [1.29, 1.82) is 0 Å². The lowest BCUT2D eigenvalue weighted by atomic mass is 10.0. The molecule has 1 aromatic heterocycles. The van der Waals surface area contributed by atoms with Gasteiger partial charge in [-0.25, -0.2) is 4.79 Å². The number of carboxylic acid groups (broad SMARTS) is 1. The van der Waals surface area contributed by atoms with E-state index in [0.717, 1.165) is 0 Å². The summed E-state index contributed by atoms with van der Waals surface area (Å²) in [6.45, 7) is 3.35. The second-order valence-corrected chi connectivity index (χ2v) is 3.96. The fourth-order valence-corrected chi connectivity index (χ4v) is 1.33. The van der Waals surface area contributed by atoms with Crippen LogP contribution in [0.1, 0.15) is 24.2 Å². The van der Waals surface area contributed by atoms with Crippen LogP contribution in [0, 0.1) is 5.92 Å². The molecule has 0 aliphatic rings. The number of pyridine rings is 1. The molecule has 0 bridgehead atoms. The molecular weight excluding hydrogens is 224 g/mol. The highest BCUT2D eigenvalue weighted by Crippen LogP contribution is 2.02. The standard InChI is InChI=1S/C11H14N2O4/c1-6(2)9(11(16)17)13-10(15)7-5-12-4-3-8(7)14/h3-6,9H,1-2H3,(H,12,14)(H,13,15)(H,16,17)/t9-/m1/s1. The van der Waals surface area contributed by atoms with Gasteiger partial charge >= 0.3 is 5.97 Å². The van der Waals surface area contributed by atoms with Crippen molar-refractivity contribution in [1.82, 2.24) is 10.3 Å². The Kier molecular flexibility index (Phi) is 4.03. The molecule has 17 heavy (non-hydrogen) atoms. The largest absolute Gasteiger partial charge is 0.480 e. The van der Waals surface area contributed by atoms with E-state index >= 15 is 0 Å². The van der Waals surface area contributed by atoms with Crippen LogP contribution in [0.25, 0.3) is 0 Å². The molecule has 6 heteroatoms. The van der Waals surface area contributed by atoms with Crippen molar-refractivity contribution in [2.75, 3.05) is 0 Å². The number of rotatable bonds is 4. The Morgan fingerprint density at radius 1 is 1.41 bits per heavy atom. The zero-order valence-electron chi connectivity index (χ0n) is 9.56. The zero-order valence-corrected chi connectivity index (χ0v) is 9.56. The van der Waals surface area contributed by atoms with E-state index in [1.165, 1.54) is 18.5 Å². The van der Waals surface area contributed by atoms with Gasteiger partial charge in [0.25, 0.3) is 5.91 Å². The quantitative estimate of drug-likeness (QED) is 0.698. The maximum Gasteiger partial charge on any atom is 0.326 e. The number of nitrogens with one attached hydrogen (secondary N) is 2. The molecule has 0 saturated heterocycles. The fourth-order valence-electron chi connectivity index (χ4n) is 1.33. The average Bonchev–Trinajstić information content (AvgIpc) is 2.25. The molecule has 0 spiro atoms. The van der Waals surface area contributed by atoms with E-state index in [1.807, 2.05) is 0 Å². The molecule has 1 heterocycles. The van der Waals surface area contributed by atoms with E-state index in [1.54, 1.807) is 13.8 Å². The summed E-state index contributed by atoms with van der Waals surface area (Å²) in [7, 11) is 0. The van der Waals surface area contributed by atoms with Crippen LogP contribution in [0.2, 0.25) is 0 Å². The summed E-state index contributed by atoms with van der Waals surface area (Å²) in [6, 6.07) is 0.196. The van der Waals surface area contributed by atoms with Crippen molar-refractivity contribution in [3.63, 3.8) is 0 Å². The van der Waals surface area contributed by atoms with Crippen LogP contribution in [-0.2, 0) is 4.79 Å². The van der Waals surface area contributed by atoms with Crippen molar-refractivity contribution in [3.8, 4) is 0 Å². The molecule has 0 aromatic carbocycles. The molecule has 0 fully saturated rings. The third-order valence-electron chi connectivity index (χ3n) is 2.29. The smallest absolute Gasteiger partial charge is 0.326 e. The molecule has 1 aromatic rings. The topological polar surface area (TPSA) is 99.3 Å². The maximum atomic E-state index is 11.7. The third kappa shape index (κ3) is 3.17. The van der Waals surface area contributed by atoms with Gasteiger partial charge in [0.05, 0.1) is 0 Å². The number of carboxylic acids is 1. The van der Waals surface area contributed by atoms with E-state index < -0.39 is 23.3 Å². The summed E-state index contributed by atoms with van der Waals surface area (Å²) in [5.41, 5.74) is -0.548. The summed E-state index contributed by atoms with van der Waals surface area (Å²) >= 11 is 0. The maximum absolute atomic E-state index is 11.7. The van der Waals surface area contributed by atoms with Crippen LogP contribution in [0.3, 0.4) is 0 Å². The summed E-state index contributed by atoms with van der Waals surface area (Å²) in [5, 5.41) is 11.2. The number of hydrogen-bond acceptors (Lipinski definition) is 3. The van der Waals surface area contributed by atoms with E-state index in [-0.39, 0.29) is 11.5 Å². The molecule has 0 aliphatic carbocycles. The number of carbonyl (C=O) groups is 2. The van der Waals surface area contributed by atoms with Crippen LogP contribution < -0.4 is 10.7 Å². The van der Waals surface area contributed by atoms with E-state index in [0.29, 0.717) is 0 Å². The van der Waals surface area contributed by atoms with Gasteiger partial charge in [0.15, 0.2) is 5.43 Å². The highest BCUT2D eigenvalue weighted by molar-refractivity contribution is 5.96.